The number of nitrogens with one attached hydrogen (secondary N) is 1. The molecule has 0 bridgehead atoms. The van der Waals surface area contributed by atoms with Gasteiger partial charge in [-0.2, -0.15) is 0 Å². The number of hydrogen-bond acceptors (Lipinski definition) is 3. The van der Waals surface area contributed by atoms with Crippen molar-refractivity contribution in [3.05, 3.63) is 94.5 Å². The molecule has 3 aromatic rings. The minimum Gasteiger partial charge on any atom is -0.322 e. The van der Waals surface area contributed by atoms with Gasteiger partial charge in [-0.25, -0.2) is 4.90 Å². The Hall–Kier alpha value is -3.73. The molecule has 4 rings (SSSR count). The van der Waals surface area contributed by atoms with E-state index in [9.17, 15) is 14.4 Å². The van der Waals surface area contributed by atoms with Crippen LogP contribution in [0.4, 0.5) is 11.4 Å². The molecule has 1 heterocycles. The lowest BCUT2D eigenvalue weighted by atomic mass is 10.1. The number of para-hydroxylation sites is 1. The van der Waals surface area contributed by atoms with Crippen LogP contribution in [-0.4, -0.2) is 17.7 Å². The number of carbonyl (C=O) groups excluding carboxylic acids is 3. The predicted molar refractivity (Wildman–Crippen MR) is 108 cm³/mol. The van der Waals surface area contributed by atoms with E-state index in [0.29, 0.717) is 16.8 Å². The zero-order valence-corrected chi connectivity index (χ0v) is 15.5. The first kappa shape index (κ1) is 17.7. The molecule has 0 saturated carbocycles. The van der Waals surface area contributed by atoms with Crippen molar-refractivity contribution >= 4 is 29.1 Å². The molecular weight excluding hydrogens is 352 g/mol. The summed E-state index contributed by atoms with van der Waals surface area (Å²) >= 11 is 0. The molecule has 138 valence electrons. The number of nitrogens with zero attached hydrogens (tertiary/aromatic N) is 1. The highest BCUT2D eigenvalue weighted by molar-refractivity contribution is 6.35. The van der Waals surface area contributed by atoms with Crippen LogP contribution in [0.5, 0.6) is 0 Å². The van der Waals surface area contributed by atoms with E-state index < -0.39 is 11.8 Å². The second-order valence-electron chi connectivity index (χ2n) is 6.76. The third-order valence-electron chi connectivity index (χ3n) is 4.95. The molecule has 0 aromatic heterocycles. The molecule has 5 nitrogen and oxygen atoms in total. The summed E-state index contributed by atoms with van der Waals surface area (Å²) in [5.74, 6) is -1.23. The molecule has 28 heavy (non-hydrogen) atoms. The highest BCUT2D eigenvalue weighted by Gasteiger charge is 2.37. The molecule has 1 aliphatic heterocycles. The van der Waals surface area contributed by atoms with Crippen molar-refractivity contribution in [2.75, 3.05) is 10.2 Å². The van der Waals surface area contributed by atoms with Gasteiger partial charge >= 0.3 is 0 Å². The van der Waals surface area contributed by atoms with Gasteiger partial charge in [-0.1, -0.05) is 30.3 Å². The van der Waals surface area contributed by atoms with Crippen LogP contribution in [0.1, 0.15) is 42.2 Å². The zero-order chi connectivity index (χ0) is 19.8. The van der Waals surface area contributed by atoms with Crippen LogP contribution in [0.3, 0.4) is 0 Å². The molecule has 0 radical (unpaired) electrons. The number of amides is 3. The summed E-state index contributed by atoms with van der Waals surface area (Å²) in [5, 5.41) is 2.85. The van der Waals surface area contributed by atoms with Crippen LogP contribution in [0, 0.1) is 13.8 Å². The van der Waals surface area contributed by atoms with Crippen molar-refractivity contribution in [1.29, 1.82) is 0 Å². The minimum absolute atomic E-state index is 0.259. The fraction of sp³-hybridized carbons (Fsp3) is 0.0870. The molecule has 0 fully saturated rings. The summed E-state index contributed by atoms with van der Waals surface area (Å²) in [6, 6.07) is 18.9. The maximum atomic E-state index is 12.9. The van der Waals surface area contributed by atoms with Gasteiger partial charge in [0.2, 0.25) is 0 Å². The Labute approximate surface area is 162 Å². The maximum Gasteiger partial charge on any atom is 0.266 e. The molecule has 3 amide bonds. The van der Waals surface area contributed by atoms with Gasteiger partial charge in [-0.05, 0) is 61.4 Å². The standard InChI is InChI=1S/C23H18N2O3/c1-14-11-12-16(13-15(14)2)24-21(26)19-9-5-6-10-20(19)25-22(27)17-7-3-4-8-18(17)23(25)28/h3-13H,1-2H3,(H,24,26). The average molecular weight is 370 g/mol. The Kier molecular flexibility index (Phi) is 4.28. The molecule has 0 spiro atoms. The molecular formula is C23H18N2O3. The monoisotopic (exact) mass is 370 g/mol. The number of aryl methyl sites for hydroxylation is 2. The smallest absolute Gasteiger partial charge is 0.266 e. The van der Waals surface area contributed by atoms with Crippen molar-refractivity contribution in [3.8, 4) is 0 Å². The van der Waals surface area contributed by atoms with Gasteiger partial charge in [0.1, 0.15) is 0 Å². The third-order valence-corrected chi connectivity index (χ3v) is 4.95. The lowest BCUT2D eigenvalue weighted by molar-refractivity contribution is 0.0926. The molecule has 5 heteroatoms. The van der Waals surface area contributed by atoms with E-state index in [4.69, 9.17) is 0 Å². The van der Waals surface area contributed by atoms with Gasteiger partial charge in [0.05, 0.1) is 22.4 Å². The first-order valence-electron chi connectivity index (χ1n) is 8.93. The van der Waals surface area contributed by atoms with E-state index in [2.05, 4.69) is 5.32 Å². The molecule has 3 aromatic carbocycles. The highest BCUT2D eigenvalue weighted by atomic mass is 16.2. The Morgan fingerprint density at radius 2 is 1.39 bits per heavy atom. The Morgan fingerprint density at radius 3 is 2.04 bits per heavy atom. The molecule has 1 aliphatic rings. The summed E-state index contributed by atoms with van der Waals surface area (Å²) in [7, 11) is 0. The Bertz CT molecular complexity index is 1100. The van der Waals surface area contributed by atoms with Gasteiger partial charge in [0.15, 0.2) is 0 Å². The first-order chi connectivity index (χ1) is 13.5. The van der Waals surface area contributed by atoms with E-state index in [1.54, 1.807) is 48.5 Å². The van der Waals surface area contributed by atoms with Gasteiger partial charge in [-0.15, -0.1) is 0 Å². The molecule has 0 atom stereocenters. The number of carbonyl (C=O) groups is 3. The fourth-order valence-corrected chi connectivity index (χ4v) is 3.29. The highest BCUT2D eigenvalue weighted by Crippen LogP contribution is 2.31. The number of rotatable bonds is 3. The van der Waals surface area contributed by atoms with Crippen molar-refractivity contribution < 1.29 is 14.4 Å². The van der Waals surface area contributed by atoms with Gasteiger partial charge in [0, 0.05) is 5.69 Å². The first-order valence-corrected chi connectivity index (χ1v) is 8.93. The minimum atomic E-state index is -0.424. The average Bonchev–Trinajstić information content (AvgIpc) is 2.95. The molecule has 0 saturated heterocycles. The Balaban J connectivity index is 1.70. The second kappa shape index (κ2) is 6.78. The Morgan fingerprint density at radius 1 is 0.786 bits per heavy atom. The maximum absolute atomic E-state index is 12.9. The SMILES string of the molecule is Cc1ccc(NC(=O)c2ccccc2N2C(=O)c3ccccc3C2=O)cc1C. The summed E-state index contributed by atoms with van der Waals surface area (Å²) in [4.78, 5) is 39.6. The van der Waals surface area contributed by atoms with Gasteiger partial charge in [0.25, 0.3) is 17.7 Å². The largest absolute Gasteiger partial charge is 0.322 e. The lowest BCUT2D eigenvalue weighted by Gasteiger charge is -2.18. The molecule has 0 aliphatic carbocycles. The van der Waals surface area contributed by atoms with Crippen molar-refractivity contribution in [3.63, 3.8) is 0 Å². The summed E-state index contributed by atoms with van der Waals surface area (Å²) < 4.78 is 0. The van der Waals surface area contributed by atoms with E-state index in [-0.39, 0.29) is 17.2 Å². The summed E-state index contributed by atoms with van der Waals surface area (Å²) in [5.41, 5.74) is 4.07. The third kappa shape index (κ3) is 2.87. The summed E-state index contributed by atoms with van der Waals surface area (Å²) in [6.45, 7) is 3.97. The molecule has 0 unspecified atom stereocenters. The van der Waals surface area contributed by atoms with Crippen molar-refractivity contribution in [2.45, 2.75) is 13.8 Å². The van der Waals surface area contributed by atoms with E-state index in [1.807, 2.05) is 32.0 Å². The van der Waals surface area contributed by atoms with Crippen LogP contribution in [0.2, 0.25) is 0 Å². The van der Waals surface area contributed by atoms with E-state index >= 15 is 0 Å². The number of hydrogen-bond donors (Lipinski definition) is 1. The number of imide groups is 1. The van der Waals surface area contributed by atoms with E-state index in [1.165, 1.54) is 0 Å². The van der Waals surface area contributed by atoms with Crippen LogP contribution >= 0.6 is 0 Å². The number of anilines is 2. The van der Waals surface area contributed by atoms with Crippen LogP contribution < -0.4 is 10.2 Å². The topological polar surface area (TPSA) is 66.5 Å². The van der Waals surface area contributed by atoms with Crippen LogP contribution in [0.15, 0.2) is 66.7 Å². The summed E-state index contributed by atoms with van der Waals surface area (Å²) in [6.07, 6.45) is 0. The quantitative estimate of drug-likeness (QED) is 0.697. The van der Waals surface area contributed by atoms with Crippen LogP contribution in [-0.2, 0) is 0 Å². The fourth-order valence-electron chi connectivity index (χ4n) is 3.29. The van der Waals surface area contributed by atoms with Gasteiger partial charge < -0.3 is 5.32 Å². The molecule has 1 N–H and O–H groups in total. The second-order valence-corrected chi connectivity index (χ2v) is 6.76. The normalized spacial score (nSPS) is 12.9. The lowest BCUT2D eigenvalue weighted by Crippen LogP contribution is -2.31. The zero-order valence-electron chi connectivity index (χ0n) is 15.5. The number of benzene rings is 3. The number of fused-ring (bicyclic) bond motifs is 1. The van der Waals surface area contributed by atoms with E-state index in [0.717, 1.165) is 16.0 Å². The van der Waals surface area contributed by atoms with Crippen molar-refractivity contribution in [1.82, 2.24) is 0 Å². The van der Waals surface area contributed by atoms with Crippen molar-refractivity contribution in [2.24, 2.45) is 0 Å². The predicted octanol–water partition coefficient (Wildman–Crippen LogP) is 4.36. The van der Waals surface area contributed by atoms with Crippen LogP contribution in [0.25, 0.3) is 0 Å². The van der Waals surface area contributed by atoms with Gasteiger partial charge in [-0.3, -0.25) is 14.4 Å².